The molecule has 0 saturated heterocycles. The van der Waals surface area contributed by atoms with Crippen LogP contribution in [-0.4, -0.2) is 18.0 Å². The van der Waals surface area contributed by atoms with E-state index in [2.05, 4.69) is 10.6 Å². The maximum Gasteiger partial charge on any atom is 0.221 e. The number of carbonyl (C=O) groups excluding carboxylic acids is 1. The lowest BCUT2D eigenvalue weighted by Crippen LogP contribution is -2.41. The second kappa shape index (κ2) is 6.87. The molecule has 2 N–H and O–H groups in total. The number of halogens is 2. The molecule has 3 nitrogen and oxygen atoms in total. The molecule has 5 heteroatoms. The van der Waals surface area contributed by atoms with Crippen LogP contribution < -0.4 is 10.6 Å². The van der Waals surface area contributed by atoms with Crippen molar-refractivity contribution in [1.82, 2.24) is 10.6 Å². The smallest absolute Gasteiger partial charge is 0.221 e. The van der Waals surface area contributed by atoms with Crippen molar-refractivity contribution >= 4 is 17.5 Å². The monoisotopic (exact) mass is 286 g/mol. The zero-order chi connectivity index (χ0) is 14.5. The average molecular weight is 287 g/mol. The van der Waals surface area contributed by atoms with E-state index in [1.807, 2.05) is 20.8 Å². The fraction of sp³-hybridized carbons (Fsp3) is 0.500. The van der Waals surface area contributed by atoms with Crippen LogP contribution in [0.4, 0.5) is 4.39 Å². The van der Waals surface area contributed by atoms with Crippen molar-refractivity contribution in [2.45, 2.75) is 39.3 Å². The molecular weight excluding hydrogens is 267 g/mol. The fourth-order valence-corrected chi connectivity index (χ4v) is 1.73. The number of hydrogen-bond acceptors (Lipinski definition) is 2. The maximum absolute atomic E-state index is 13.5. The van der Waals surface area contributed by atoms with Gasteiger partial charge in [-0.2, -0.15) is 0 Å². The Labute approximate surface area is 118 Å². The number of nitrogens with one attached hydrogen (secondary N) is 2. The minimum absolute atomic E-state index is 0.0171. The Morgan fingerprint density at radius 2 is 2.05 bits per heavy atom. The normalized spacial score (nSPS) is 11.4. The van der Waals surface area contributed by atoms with Gasteiger partial charge in [0, 0.05) is 35.6 Å². The third-order valence-corrected chi connectivity index (χ3v) is 2.61. The largest absolute Gasteiger partial charge is 0.351 e. The van der Waals surface area contributed by atoms with E-state index in [-0.39, 0.29) is 17.3 Å². The zero-order valence-corrected chi connectivity index (χ0v) is 12.3. The highest BCUT2D eigenvalue weighted by molar-refractivity contribution is 6.30. The molecule has 0 aliphatic rings. The van der Waals surface area contributed by atoms with Crippen LogP contribution in [0.3, 0.4) is 0 Å². The summed E-state index contributed by atoms with van der Waals surface area (Å²) in [5, 5.41) is 6.28. The van der Waals surface area contributed by atoms with Crippen LogP contribution in [-0.2, 0) is 11.3 Å². The fourth-order valence-electron chi connectivity index (χ4n) is 1.57. The molecule has 0 heterocycles. The Morgan fingerprint density at radius 3 is 2.63 bits per heavy atom. The van der Waals surface area contributed by atoms with E-state index in [0.717, 1.165) is 0 Å². The molecule has 0 aromatic heterocycles. The molecule has 0 aliphatic carbocycles. The number of rotatable bonds is 5. The van der Waals surface area contributed by atoms with Crippen LogP contribution >= 0.6 is 11.6 Å². The zero-order valence-electron chi connectivity index (χ0n) is 11.5. The molecule has 0 bridgehead atoms. The van der Waals surface area contributed by atoms with Crippen molar-refractivity contribution < 1.29 is 9.18 Å². The van der Waals surface area contributed by atoms with Crippen molar-refractivity contribution in [3.63, 3.8) is 0 Å². The summed E-state index contributed by atoms with van der Waals surface area (Å²) in [4.78, 5) is 11.5. The Bertz CT molecular complexity index is 444. The van der Waals surface area contributed by atoms with Crippen molar-refractivity contribution in [2.75, 3.05) is 6.54 Å². The van der Waals surface area contributed by atoms with Crippen LogP contribution in [0.5, 0.6) is 0 Å². The van der Waals surface area contributed by atoms with Gasteiger partial charge in [-0.25, -0.2) is 4.39 Å². The van der Waals surface area contributed by atoms with Gasteiger partial charge < -0.3 is 10.6 Å². The van der Waals surface area contributed by atoms with Gasteiger partial charge >= 0.3 is 0 Å². The van der Waals surface area contributed by atoms with E-state index in [1.54, 1.807) is 12.1 Å². The molecule has 0 saturated carbocycles. The predicted octanol–water partition coefficient (Wildman–Crippen LogP) is 2.87. The van der Waals surface area contributed by atoms with Gasteiger partial charge in [0.25, 0.3) is 0 Å². The van der Waals surface area contributed by atoms with Gasteiger partial charge in [0.05, 0.1) is 0 Å². The first-order valence-corrected chi connectivity index (χ1v) is 6.61. The minimum atomic E-state index is -0.334. The Kier molecular flexibility index (Phi) is 5.76. The number of carbonyl (C=O) groups is 1. The van der Waals surface area contributed by atoms with Gasteiger partial charge in [-0.1, -0.05) is 17.7 Å². The van der Waals surface area contributed by atoms with Gasteiger partial charge in [-0.05, 0) is 32.9 Å². The topological polar surface area (TPSA) is 41.1 Å². The van der Waals surface area contributed by atoms with Crippen LogP contribution in [0.25, 0.3) is 0 Å². The quantitative estimate of drug-likeness (QED) is 0.817. The highest BCUT2D eigenvalue weighted by Crippen LogP contribution is 2.14. The first-order chi connectivity index (χ1) is 8.78. The maximum atomic E-state index is 13.5. The number of hydrogen-bond donors (Lipinski definition) is 2. The third-order valence-electron chi connectivity index (χ3n) is 2.37. The van der Waals surface area contributed by atoms with E-state index in [1.165, 1.54) is 6.07 Å². The van der Waals surface area contributed by atoms with Gasteiger partial charge in [0.2, 0.25) is 5.91 Å². The van der Waals surface area contributed by atoms with E-state index in [4.69, 9.17) is 11.6 Å². The summed E-state index contributed by atoms with van der Waals surface area (Å²) in [5.41, 5.74) is 0.319. The van der Waals surface area contributed by atoms with Gasteiger partial charge in [-0.3, -0.25) is 4.79 Å². The Hall–Kier alpha value is -1.13. The predicted molar refractivity (Wildman–Crippen MR) is 75.6 cm³/mol. The van der Waals surface area contributed by atoms with Crippen molar-refractivity contribution in [3.8, 4) is 0 Å². The van der Waals surface area contributed by atoms with Gasteiger partial charge in [0.15, 0.2) is 0 Å². The van der Waals surface area contributed by atoms with Crippen LogP contribution in [0.2, 0.25) is 5.02 Å². The lowest BCUT2D eigenvalue weighted by molar-refractivity contribution is -0.122. The molecule has 1 aromatic carbocycles. The summed E-state index contributed by atoms with van der Waals surface area (Å²) in [6.45, 7) is 6.68. The molecule has 0 atom stereocenters. The van der Waals surface area contributed by atoms with Crippen molar-refractivity contribution in [1.29, 1.82) is 0 Å². The molecule has 0 spiro atoms. The molecule has 0 fully saturated rings. The first-order valence-electron chi connectivity index (χ1n) is 6.23. The van der Waals surface area contributed by atoms with Crippen LogP contribution in [0, 0.1) is 5.82 Å². The van der Waals surface area contributed by atoms with E-state index < -0.39 is 0 Å². The summed E-state index contributed by atoms with van der Waals surface area (Å²) in [6.07, 6.45) is 0.368. The molecule has 1 aromatic rings. The molecule has 0 unspecified atom stereocenters. The molecule has 0 radical (unpaired) electrons. The Morgan fingerprint density at radius 1 is 1.37 bits per heavy atom. The summed E-state index contributed by atoms with van der Waals surface area (Å²) in [7, 11) is 0. The first kappa shape index (κ1) is 15.9. The minimum Gasteiger partial charge on any atom is -0.351 e. The molecule has 1 amide bonds. The van der Waals surface area contributed by atoms with Crippen molar-refractivity contribution in [3.05, 3.63) is 34.6 Å². The summed E-state index contributed by atoms with van der Waals surface area (Å²) < 4.78 is 13.5. The number of amides is 1. The van der Waals surface area contributed by atoms with E-state index in [9.17, 15) is 9.18 Å². The van der Waals surface area contributed by atoms with Crippen LogP contribution in [0.15, 0.2) is 18.2 Å². The number of benzene rings is 1. The second-order valence-electron chi connectivity index (χ2n) is 5.46. The summed E-state index contributed by atoms with van der Waals surface area (Å²) in [5.74, 6) is -0.351. The lowest BCUT2D eigenvalue weighted by atomic mass is 10.1. The average Bonchev–Trinajstić information content (AvgIpc) is 2.24. The second-order valence-corrected chi connectivity index (χ2v) is 5.90. The highest BCUT2D eigenvalue weighted by atomic mass is 35.5. The summed E-state index contributed by atoms with van der Waals surface area (Å²) in [6, 6.07) is 4.57. The van der Waals surface area contributed by atoms with E-state index in [0.29, 0.717) is 30.1 Å². The van der Waals surface area contributed by atoms with Crippen LogP contribution in [0.1, 0.15) is 32.8 Å². The van der Waals surface area contributed by atoms with E-state index >= 15 is 0 Å². The standard InChI is InChI=1S/C14H20ClFN2O/c1-14(2,3)18-13(19)6-7-17-9-10-4-5-11(15)8-12(10)16/h4-5,8,17H,6-7,9H2,1-3H3,(H,18,19). The molecule has 19 heavy (non-hydrogen) atoms. The highest BCUT2D eigenvalue weighted by Gasteiger charge is 2.12. The molecule has 106 valence electrons. The summed E-state index contributed by atoms with van der Waals surface area (Å²) >= 11 is 5.67. The van der Waals surface area contributed by atoms with Gasteiger partial charge in [0.1, 0.15) is 5.82 Å². The Balaban J connectivity index is 2.29. The third kappa shape index (κ3) is 6.55. The van der Waals surface area contributed by atoms with Crippen molar-refractivity contribution in [2.24, 2.45) is 0 Å². The SMILES string of the molecule is CC(C)(C)NC(=O)CCNCc1ccc(Cl)cc1F. The molecular formula is C14H20ClFN2O. The lowest BCUT2D eigenvalue weighted by Gasteiger charge is -2.20. The molecule has 0 aliphatic heterocycles. The van der Waals surface area contributed by atoms with Gasteiger partial charge in [-0.15, -0.1) is 0 Å². The molecule has 1 rings (SSSR count).